The first-order valence-corrected chi connectivity index (χ1v) is 21.3. The standard InChI is InChI=1S/C32H18N8O12S4/c41-53(42,43)13-4-7-16-20(10-13)29-33-25(16)35-30-22-12-15(55(47,48)49)6-9-18(22)27(37-30)39-32-24-19(2-1-3-23(24)56(50,51)52)28(40-32)38-31-21-11-14(54(44,45)46)5-8-17(21)26(34-29)36-31/h1-12H,(H,41,42,43)(H,44,45,46)(H,47,48,49)(H,50,51,52)(H2,33,34,35,36,37,38,39,40). The van der Waals surface area contributed by atoms with Crippen molar-refractivity contribution < 1.29 is 51.9 Å². The van der Waals surface area contributed by atoms with Gasteiger partial charge in [0.1, 0.15) is 27.5 Å². The van der Waals surface area contributed by atoms with Crippen LogP contribution in [0.1, 0.15) is 0 Å². The van der Waals surface area contributed by atoms with Crippen molar-refractivity contribution in [1.82, 2.24) is 39.9 Å². The van der Waals surface area contributed by atoms with Crippen LogP contribution >= 0.6 is 0 Å². The minimum Gasteiger partial charge on any atom is -0.324 e. The summed E-state index contributed by atoms with van der Waals surface area (Å²) in [5, 5.41) is 0.219. The zero-order valence-electron chi connectivity index (χ0n) is 27.3. The van der Waals surface area contributed by atoms with Gasteiger partial charge in [0.15, 0.2) is 23.3 Å². The van der Waals surface area contributed by atoms with Crippen LogP contribution in [0.3, 0.4) is 0 Å². The first-order valence-electron chi connectivity index (χ1n) is 15.5. The third-order valence-electron chi connectivity index (χ3n) is 8.90. The summed E-state index contributed by atoms with van der Waals surface area (Å²) in [6.45, 7) is 0. The molecule has 3 aromatic heterocycles. The average Bonchev–Trinajstić information content (AvgIpc) is 3.84. The van der Waals surface area contributed by atoms with Gasteiger partial charge in [0.2, 0.25) is 0 Å². The molecule has 0 saturated carbocycles. The molecule has 0 fully saturated rings. The van der Waals surface area contributed by atoms with E-state index in [0.29, 0.717) is 0 Å². The molecule has 0 spiro atoms. The molecule has 24 heteroatoms. The third kappa shape index (κ3) is 5.78. The van der Waals surface area contributed by atoms with Crippen LogP contribution in [0.2, 0.25) is 0 Å². The van der Waals surface area contributed by atoms with Crippen molar-refractivity contribution in [1.29, 1.82) is 0 Å². The highest BCUT2D eigenvalue weighted by molar-refractivity contribution is 7.86. The zero-order chi connectivity index (χ0) is 39.7. The lowest BCUT2D eigenvalue weighted by atomic mass is 10.1. The molecule has 9 rings (SSSR count). The summed E-state index contributed by atoms with van der Waals surface area (Å²) < 4.78 is 138. The van der Waals surface area contributed by atoms with Crippen molar-refractivity contribution in [3.63, 3.8) is 0 Å². The second kappa shape index (κ2) is 11.7. The van der Waals surface area contributed by atoms with E-state index in [1.165, 1.54) is 30.3 Å². The van der Waals surface area contributed by atoms with Gasteiger partial charge >= 0.3 is 0 Å². The van der Waals surface area contributed by atoms with Crippen molar-refractivity contribution in [2.45, 2.75) is 19.6 Å². The fourth-order valence-electron chi connectivity index (χ4n) is 6.45. The van der Waals surface area contributed by atoms with Crippen molar-refractivity contribution in [2.24, 2.45) is 0 Å². The zero-order valence-corrected chi connectivity index (χ0v) is 30.6. The Hall–Kier alpha value is -6.12. The number of aromatic nitrogens is 8. The lowest BCUT2D eigenvalue weighted by molar-refractivity contribution is 0.481. The molecule has 4 aromatic carbocycles. The van der Waals surface area contributed by atoms with Gasteiger partial charge in [-0.2, -0.15) is 33.7 Å². The summed E-state index contributed by atoms with van der Waals surface area (Å²) in [7, 11) is -19.2. The molecule has 7 aromatic rings. The third-order valence-corrected chi connectivity index (χ3v) is 12.3. The van der Waals surface area contributed by atoms with E-state index >= 15 is 0 Å². The fraction of sp³-hybridized carbons (Fsp3) is 0. The molecule has 0 radical (unpaired) electrons. The Balaban J connectivity index is 1.52. The molecular formula is C32H18N8O12S4. The summed E-state index contributed by atoms with van der Waals surface area (Å²) >= 11 is 0. The van der Waals surface area contributed by atoms with Crippen molar-refractivity contribution in [3.05, 3.63) is 72.8 Å². The average molecular weight is 835 g/mol. The Morgan fingerprint density at radius 2 is 0.839 bits per heavy atom. The van der Waals surface area contributed by atoms with Crippen molar-refractivity contribution in [2.75, 3.05) is 0 Å². The molecule has 0 aliphatic carbocycles. The van der Waals surface area contributed by atoms with Crippen LogP contribution in [0.15, 0.2) is 92.4 Å². The van der Waals surface area contributed by atoms with E-state index in [1.807, 2.05) is 0 Å². The largest absolute Gasteiger partial charge is 0.324 e. The van der Waals surface area contributed by atoms with Gasteiger partial charge < -0.3 is 9.97 Å². The molecule has 282 valence electrons. The summed E-state index contributed by atoms with van der Waals surface area (Å²) in [5.74, 6) is -0.643. The van der Waals surface area contributed by atoms with Crippen molar-refractivity contribution in [3.8, 4) is 45.6 Å². The van der Waals surface area contributed by atoms with Crippen LogP contribution in [-0.4, -0.2) is 91.8 Å². The fourth-order valence-corrected chi connectivity index (χ4v) is 8.68. The van der Waals surface area contributed by atoms with Gasteiger partial charge in [-0.1, -0.05) is 12.1 Å². The number of nitrogens with zero attached hydrogens (tertiary/aromatic N) is 6. The van der Waals surface area contributed by atoms with E-state index in [1.54, 1.807) is 0 Å². The number of benzene rings is 4. The highest BCUT2D eigenvalue weighted by Crippen LogP contribution is 2.40. The number of H-pyrrole nitrogens is 2. The SMILES string of the molecule is O=S(=O)(O)c1ccc2c(c1)-c1nc3nc(nc4[nH]c(nc5[nH]c(nc-2n1)c1cc(S(=O)(=O)O)ccc51)c1c(S(=O)(=O)O)cccc41)-c1cc(S(=O)(=O)O)ccc1-3. The first kappa shape index (κ1) is 35.6. The Morgan fingerprint density at radius 1 is 0.393 bits per heavy atom. The Bertz CT molecular complexity index is 3610. The van der Waals surface area contributed by atoms with E-state index in [-0.39, 0.29) is 89.7 Å². The van der Waals surface area contributed by atoms with E-state index in [9.17, 15) is 51.9 Å². The summed E-state index contributed by atoms with van der Waals surface area (Å²) in [6.07, 6.45) is 0. The van der Waals surface area contributed by atoms with Crippen LogP contribution in [0, 0.1) is 0 Å². The topological polar surface area (TPSA) is 326 Å². The second-order valence-electron chi connectivity index (χ2n) is 12.3. The van der Waals surface area contributed by atoms with Crippen molar-refractivity contribution >= 4 is 84.6 Å². The smallest absolute Gasteiger partial charge is 0.295 e. The van der Waals surface area contributed by atoms with Crippen LogP contribution in [0.4, 0.5) is 0 Å². The van der Waals surface area contributed by atoms with Gasteiger partial charge in [-0.05, 0) is 60.7 Å². The van der Waals surface area contributed by atoms with Gasteiger partial charge in [-0.3, -0.25) is 18.2 Å². The molecule has 2 aliphatic heterocycles. The van der Waals surface area contributed by atoms with E-state index in [0.717, 1.165) is 42.5 Å². The number of aromatic amines is 2. The predicted molar refractivity (Wildman–Crippen MR) is 195 cm³/mol. The normalized spacial score (nSPS) is 13.2. The molecule has 0 saturated heterocycles. The maximum absolute atomic E-state index is 12.7. The van der Waals surface area contributed by atoms with Crippen LogP contribution in [-0.2, 0) is 40.5 Å². The lowest BCUT2D eigenvalue weighted by Crippen LogP contribution is -1.98. The maximum atomic E-state index is 12.7. The minimum absolute atomic E-state index is 0.0315. The molecular weight excluding hydrogens is 817 g/mol. The van der Waals surface area contributed by atoms with Gasteiger partial charge in [-0.15, -0.1) is 0 Å². The highest BCUT2D eigenvalue weighted by atomic mass is 32.2. The second-order valence-corrected chi connectivity index (χ2v) is 18.0. The van der Waals surface area contributed by atoms with Gasteiger partial charge in [0.25, 0.3) is 40.5 Å². The number of hydrogen-bond donors (Lipinski definition) is 6. The Labute approximate surface area is 313 Å². The molecule has 0 amide bonds. The van der Waals surface area contributed by atoms with E-state index < -0.39 is 60.1 Å². The minimum atomic E-state index is -4.91. The summed E-state index contributed by atoms with van der Waals surface area (Å²) in [4.78, 5) is 31.1. The molecule has 20 nitrogen and oxygen atoms in total. The molecule has 2 aliphatic rings. The Morgan fingerprint density at radius 3 is 1.39 bits per heavy atom. The van der Waals surface area contributed by atoms with Crippen LogP contribution in [0.5, 0.6) is 0 Å². The first-order chi connectivity index (χ1) is 26.2. The summed E-state index contributed by atoms with van der Waals surface area (Å²) in [6, 6.07) is 14.2. The summed E-state index contributed by atoms with van der Waals surface area (Å²) in [5.41, 5.74) is 0.00741. The van der Waals surface area contributed by atoms with Gasteiger partial charge in [0, 0.05) is 43.8 Å². The molecule has 0 unspecified atom stereocenters. The Kier molecular flexibility index (Phi) is 7.43. The maximum Gasteiger partial charge on any atom is 0.295 e. The molecule has 5 heterocycles. The number of fused-ring (bicyclic) bond motifs is 20. The lowest BCUT2D eigenvalue weighted by Gasteiger charge is -2.03. The monoisotopic (exact) mass is 834 g/mol. The number of nitrogens with one attached hydrogen (secondary N) is 2. The number of rotatable bonds is 4. The molecule has 0 atom stereocenters. The van der Waals surface area contributed by atoms with Gasteiger partial charge in [0.05, 0.1) is 14.7 Å². The van der Waals surface area contributed by atoms with Crippen LogP contribution < -0.4 is 0 Å². The van der Waals surface area contributed by atoms with E-state index in [2.05, 4.69) is 39.9 Å². The predicted octanol–water partition coefficient (Wildman–Crippen LogP) is 3.86. The molecule has 8 bridgehead atoms. The quantitative estimate of drug-likeness (QED) is 0.137. The van der Waals surface area contributed by atoms with E-state index in [4.69, 9.17) is 0 Å². The van der Waals surface area contributed by atoms with Gasteiger partial charge in [-0.25, -0.2) is 29.9 Å². The number of hydrogen-bond acceptors (Lipinski definition) is 14. The molecule has 6 N–H and O–H groups in total. The van der Waals surface area contributed by atoms with Crippen LogP contribution in [0.25, 0.3) is 89.7 Å². The molecule has 56 heavy (non-hydrogen) atoms. The highest BCUT2D eigenvalue weighted by Gasteiger charge is 2.27.